The summed E-state index contributed by atoms with van der Waals surface area (Å²) in [6.45, 7) is 0. The van der Waals surface area contributed by atoms with Crippen LogP contribution in [0.3, 0.4) is 0 Å². The molecule has 16 aromatic carbocycles. The molecule has 0 saturated carbocycles. The smallest absolute Gasteiger partial charge is 0.0622 e. The van der Waals surface area contributed by atoms with Crippen molar-refractivity contribution >= 4 is 64.6 Å². The molecular weight excluding hydrogens is 1030 g/mol. The van der Waals surface area contributed by atoms with Crippen LogP contribution in [0.5, 0.6) is 0 Å². The van der Waals surface area contributed by atoms with Gasteiger partial charge in [0.05, 0.1) is 10.8 Å². The Morgan fingerprint density at radius 1 is 0.140 bits per heavy atom. The first-order valence-corrected chi connectivity index (χ1v) is 30.2. The van der Waals surface area contributed by atoms with E-state index in [-0.39, 0.29) is 0 Å². The number of hydrogen-bond acceptors (Lipinski definition) is 0. The Labute approximate surface area is 500 Å². The van der Waals surface area contributed by atoms with E-state index in [4.69, 9.17) is 0 Å². The van der Waals surface area contributed by atoms with Crippen LogP contribution in [0, 0.1) is 0 Å². The van der Waals surface area contributed by atoms with Crippen molar-refractivity contribution in [3.05, 3.63) is 372 Å². The fourth-order valence-electron chi connectivity index (χ4n) is 16.4. The Morgan fingerprint density at radius 2 is 0.384 bits per heavy atom. The lowest BCUT2D eigenvalue weighted by atomic mass is 9.59. The minimum Gasteiger partial charge on any atom is -0.0622 e. The van der Waals surface area contributed by atoms with Gasteiger partial charge in [-0.2, -0.15) is 0 Å². The van der Waals surface area contributed by atoms with Gasteiger partial charge in [0.1, 0.15) is 0 Å². The van der Waals surface area contributed by atoms with Crippen LogP contribution >= 0.6 is 0 Å². The molecule has 2 aliphatic carbocycles. The summed E-state index contributed by atoms with van der Waals surface area (Å²) in [5, 5.41) is 15.0. The highest BCUT2D eigenvalue weighted by Gasteiger charge is 2.46. The lowest BCUT2D eigenvalue weighted by Crippen LogP contribution is -2.33. The van der Waals surface area contributed by atoms with Crippen molar-refractivity contribution in [3.8, 4) is 55.6 Å². The zero-order chi connectivity index (χ0) is 56.5. The van der Waals surface area contributed by atoms with Crippen LogP contribution in [-0.2, 0) is 10.8 Å². The van der Waals surface area contributed by atoms with Crippen LogP contribution in [0.4, 0.5) is 0 Å². The summed E-state index contributed by atoms with van der Waals surface area (Å²) in [7, 11) is 0. The van der Waals surface area contributed by atoms with Crippen LogP contribution < -0.4 is 0 Å². The maximum atomic E-state index is 2.47. The van der Waals surface area contributed by atoms with Crippen molar-refractivity contribution in [1.29, 1.82) is 0 Å². The van der Waals surface area contributed by atoms with Gasteiger partial charge in [-0.15, -0.1) is 0 Å². The van der Waals surface area contributed by atoms with Gasteiger partial charge in [-0.05, 0) is 165 Å². The molecule has 0 bridgehead atoms. The van der Waals surface area contributed by atoms with Gasteiger partial charge in [0.2, 0.25) is 0 Å². The average molecular weight is 1090 g/mol. The standard InChI is InChI=1S/C86H54/c1-5-27-55(28-6-1)85(56-29-7-2-8-30-56)75-49-23-21-35-59(75)61-45-25-47-67-73(51-53-77(85)81(61)67)79-63-37-13-17-41-69(63)83(70-42-18-14-38-64(70)79)84-71-43-19-15-39-65(71)80(66-40-16-20-44-72(66)84)74-52-54-78-82-62(46-26-48-68(74)82)60-36-22-24-50-76(60)86(78,57-31-9-3-10-32-57)58-33-11-4-12-34-58/h1-54H. The molecule has 0 spiro atoms. The van der Waals surface area contributed by atoms with Crippen LogP contribution in [0.25, 0.3) is 120 Å². The van der Waals surface area contributed by atoms with E-state index in [0.29, 0.717) is 0 Å². The fourth-order valence-corrected chi connectivity index (χ4v) is 16.4. The SMILES string of the molecule is c1ccc(C2(c3ccccc3)c3ccccc3-c3cccc4c(-c5c6ccccc6c(-c6c7ccccc7c(-c7ccc8c9c(cccc79)-c7ccccc7C8(c7ccccc7)c7ccccc7)c7ccccc67)c6ccccc56)ccc2c34)cc1. The van der Waals surface area contributed by atoms with Crippen molar-refractivity contribution in [1.82, 2.24) is 0 Å². The summed E-state index contributed by atoms with van der Waals surface area (Å²) in [5.41, 5.74) is 21.7. The highest BCUT2D eigenvalue weighted by atomic mass is 14.5. The molecule has 0 amide bonds. The molecular formula is C86H54. The Kier molecular flexibility index (Phi) is 10.6. The van der Waals surface area contributed by atoms with Gasteiger partial charge >= 0.3 is 0 Å². The second-order valence-corrected chi connectivity index (χ2v) is 23.5. The molecule has 0 fully saturated rings. The van der Waals surface area contributed by atoms with Crippen molar-refractivity contribution in [3.63, 3.8) is 0 Å². The molecule has 16 aromatic rings. The zero-order valence-electron chi connectivity index (χ0n) is 47.2. The van der Waals surface area contributed by atoms with Crippen LogP contribution in [0.15, 0.2) is 328 Å². The molecule has 86 heavy (non-hydrogen) atoms. The molecule has 18 rings (SSSR count). The summed E-state index contributed by atoms with van der Waals surface area (Å²) in [6, 6.07) is 124. The van der Waals surface area contributed by atoms with Crippen LogP contribution in [0.1, 0.15) is 44.5 Å². The Morgan fingerprint density at radius 3 is 0.698 bits per heavy atom. The monoisotopic (exact) mass is 1090 g/mol. The van der Waals surface area contributed by atoms with Gasteiger partial charge < -0.3 is 0 Å². The van der Waals surface area contributed by atoms with Crippen LogP contribution in [0.2, 0.25) is 0 Å². The van der Waals surface area contributed by atoms with E-state index >= 15 is 0 Å². The second kappa shape index (κ2) is 18.8. The average Bonchev–Trinajstić information content (AvgIpc) is 0.715. The predicted molar refractivity (Wildman–Crippen MR) is 362 cm³/mol. The third-order valence-corrected chi connectivity index (χ3v) is 19.6. The molecule has 0 radical (unpaired) electrons. The molecule has 0 heterocycles. The molecule has 0 N–H and O–H groups in total. The van der Waals surface area contributed by atoms with Gasteiger partial charge in [-0.1, -0.05) is 328 Å². The quantitative estimate of drug-likeness (QED) is 0.140. The van der Waals surface area contributed by atoms with Crippen LogP contribution in [-0.4, -0.2) is 0 Å². The van der Waals surface area contributed by atoms with E-state index in [1.165, 1.54) is 165 Å². The zero-order valence-corrected chi connectivity index (χ0v) is 47.2. The van der Waals surface area contributed by atoms with Gasteiger partial charge in [0.25, 0.3) is 0 Å². The summed E-state index contributed by atoms with van der Waals surface area (Å²) >= 11 is 0. The summed E-state index contributed by atoms with van der Waals surface area (Å²) in [5.74, 6) is 0. The number of benzene rings is 16. The van der Waals surface area contributed by atoms with Gasteiger partial charge in [-0.25, -0.2) is 0 Å². The lowest BCUT2D eigenvalue weighted by molar-refractivity contribution is 0.750. The molecule has 0 saturated heterocycles. The number of fused-ring (bicyclic) bond motifs is 8. The van der Waals surface area contributed by atoms with Crippen molar-refractivity contribution in [2.24, 2.45) is 0 Å². The van der Waals surface area contributed by atoms with Gasteiger partial charge in [0, 0.05) is 0 Å². The highest BCUT2D eigenvalue weighted by molar-refractivity contribution is 6.32. The minimum absolute atomic E-state index is 0.557. The van der Waals surface area contributed by atoms with Gasteiger partial charge in [0.15, 0.2) is 0 Å². The first-order chi connectivity index (χ1) is 42.7. The molecule has 398 valence electrons. The number of hydrogen-bond donors (Lipinski definition) is 0. The maximum Gasteiger partial charge on any atom is 0.0713 e. The second-order valence-electron chi connectivity index (χ2n) is 23.5. The third kappa shape index (κ3) is 6.53. The van der Waals surface area contributed by atoms with E-state index in [2.05, 4.69) is 328 Å². The van der Waals surface area contributed by atoms with E-state index < -0.39 is 10.8 Å². The molecule has 0 nitrogen and oxygen atoms in total. The van der Waals surface area contributed by atoms with E-state index in [9.17, 15) is 0 Å². The fraction of sp³-hybridized carbons (Fsp3) is 0.0233. The molecule has 0 aliphatic heterocycles. The largest absolute Gasteiger partial charge is 0.0713 e. The Balaban J connectivity index is 0.910. The summed E-state index contributed by atoms with van der Waals surface area (Å²) in [4.78, 5) is 0. The first-order valence-electron chi connectivity index (χ1n) is 30.2. The Bertz CT molecular complexity index is 4910. The molecule has 0 atom stereocenters. The summed E-state index contributed by atoms with van der Waals surface area (Å²) < 4.78 is 0. The maximum absolute atomic E-state index is 2.47. The molecule has 2 aliphatic rings. The Hall–Kier alpha value is -10.9. The predicted octanol–water partition coefficient (Wildman–Crippen LogP) is 22.3. The molecule has 0 heteroatoms. The van der Waals surface area contributed by atoms with Crippen molar-refractivity contribution < 1.29 is 0 Å². The first kappa shape index (κ1) is 48.6. The molecule has 0 aromatic heterocycles. The van der Waals surface area contributed by atoms with Gasteiger partial charge in [-0.3, -0.25) is 0 Å². The summed E-state index contributed by atoms with van der Waals surface area (Å²) in [6.07, 6.45) is 0. The number of rotatable bonds is 7. The topological polar surface area (TPSA) is 0 Å². The van der Waals surface area contributed by atoms with Crippen molar-refractivity contribution in [2.45, 2.75) is 10.8 Å². The minimum atomic E-state index is -0.557. The van der Waals surface area contributed by atoms with E-state index in [1.807, 2.05) is 0 Å². The van der Waals surface area contributed by atoms with E-state index in [0.717, 1.165) is 0 Å². The molecule has 0 unspecified atom stereocenters. The third-order valence-electron chi connectivity index (χ3n) is 19.6. The van der Waals surface area contributed by atoms with E-state index in [1.54, 1.807) is 0 Å². The highest BCUT2D eigenvalue weighted by Crippen LogP contribution is 2.60. The lowest BCUT2D eigenvalue weighted by Gasteiger charge is -2.42. The van der Waals surface area contributed by atoms with Crippen molar-refractivity contribution in [2.75, 3.05) is 0 Å². The normalized spacial score (nSPS) is 13.5.